The van der Waals surface area contributed by atoms with Crippen molar-refractivity contribution in [3.8, 4) is 0 Å². The van der Waals surface area contributed by atoms with Gasteiger partial charge < -0.3 is 15.2 Å². The number of ether oxygens (including phenoxy) is 1. The first-order valence-corrected chi connectivity index (χ1v) is 5.29. The van der Waals surface area contributed by atoms with Crippen molar-refractivity contribution in [2.75, 3.05) is 27.2 Å². The van der Waals surface area contributed by atoms with E-state index in [4.69, 9.17) is 0 Å². The first-order chi connectivity index (χ1) is 7.56. The highest BCUT2D eigenvalue weighted by molar-refractivity contribution is 5.83. The highest BCUT2D eigenvalue weighted by Crippen LogP contribution is 2.15. The van der Waals surface area contributed by atoms with Gasteiger partial charge in [-0.25, -0.2) is 0 Å². The van der Waals surface area contributed by atoms with Crippen molar-refractivity contribution in [1.82, 2.24) is 10.2 Å². The average molecular weight is 230 g/mol. The number of methoxy groups -OCH3 is 1. The quantitative estimate of drug-likeness (QED) is 0.589. The number of amides is 1. The van der Waals surface area contributed by atoms with Crippen molar-refractivity contribution < 1.29 is 19.4 Å². The number of nitrogens with one attached hydrogen (secondary N) is 1. The Morgan fingerprint density at radius 2 is 2.25 bits per heavy atom. The molecule has 0 aromatic carbocycles. The van der Waals surface area contributed by atoms with E-state index in [1.165, 1.54) is 7.11 Å². The maximum atomic E-state index is 11.7. The SMILES string of the molecule is COC(=O)CCNC(=O)[C@@H]1[C@@H](O)CCN1C. The summed E-state index contributed by atoms with van der Waals surface area (Å²) in [5.41, 5.74) is 0. The predicted molar refractivity (Wildman–Crippen MR) is 56.7 cm³/mol. The first-order valence-electron chi connectivity index (χ1n) is 5.29. The molecule has 0 radical (unpaired) electrons. The van der Waals surface area contributed by atoms with Gasteiger partial charge in [0.1, 0.15) is 6.04 Å². The molecule has 1 aliphatic rings. The smallest absolute Gasteiger partial charge is 0.307 e. The highest BCUT2D eigenvalue weighted by atomic mass is 16.5. The van der Waals surface area contributed by atoms with E-state index in [2.05, 4.69) is 10.1 Å². The summed E-state index contributed by atoms with van der Waals surface area (Å²) < 4.78 is 4.45. The van der Waals surface area contributed by atoms with Crippen molar-refractivity contribution in [3.05, 3.63) is 0 Å². The minimum absolute atomic E-state index is 0.148. The summed E-state index contributed by atoms with van der Waals surface area (Å²) in [6.07, 6.45) is 0.128. The third-order valence-electron chi connectivity index (χ3n) is 2.74. The molecule has 0 spiro atoms. The zero-order chi connectivity index (χ0) is 12.1. The Morgan fingerprint density at radius 1 is 1.56 bits per heavy atom. The Bertz CT molecular complexity index is 260. The highest BCUT2D eigenvalue weighted by Gasteiger charge is 2.35. The van der Waals surface area contributed by atoms with Gasteiger partial charge in [0.15, 0.2) is 0 Å². The lowest BCUT2D eigenvalue weighted by atomic mass is 10.1. The second kappa shape index (κ2) is 5.81. The second-order valence-corrected chi connectivity index (χ2v) is 3.90. The van der Waals surface area contributed by atoms with E-state index in [0.29, 0.717) is 13.0 Å². The molecule has 2 N–H and O–H groups in total. The number of hydrogen-bond acceptors (Lipinski definition) is 5. The van der Waals surface area contributed by atoms with Crippen LogP contribution in [0, 0.1) is 0 Å². The van der Waals surface area contributed by atoms with Crippen LogP contribution in [0.4, 0.5) is 0 Å². The van der Waals surface area contributed by atoms with Crippen LogP contribution < -0.4 is 5.32 Å². The summed E-state index contributed by atoms with van der Waals surface area (Å²) in [7, 11) is 3.10. The fraction of sp³-hybridized carbons (Fsp3) is 0.800. The van der Waals surface area contributed by atoms with Crippen LogP contribution in [0.5, 0.6) is 0 Å². The van der Waals surface area contributed by atoms with Gasteiger partial charge in [-0.15, -0.1) is 0 Å². The van der Waals surface area contributed by atoms with Crippen LogP contribution in [0.15, 0.2) is 0 Å². The lowest BCUT2D eigenvalue weighted by Gasteiger charge is -2.20. The maximum absolute atomic E-state index is 11.7. The van der Waals surface area contributed by atoms with E-state index in [1.807, 2.05) is 0 Å². The van der Waals surface area contributed by atoms with Crippen LogP contribution in [0.25, 0.3) is 0 Å². The first kappa shape index (κ1) is 12.9. The van der Waals surface area contributed by atoms with Crippen LogP contribution in [-0.2, 0) is 14.3 Å². The fourth-order valence-electron chi connectivity index (χ4n) is 1.80. The van der Waals surface area contributed by atoms with Gasteiger partial charge in [-0.2, -0.15) is 0 Å². The Hall–Kier alpha value is -1.14. The minimum atomic E-state index is -0.622. The van der Waals surface area contributed by atoms with E-state index >= 15 is 0 Å². The molecule has 16 heavy (non-hydrogen) atoms. The number of nitrogens with zero attached hydrogens (tertiary/aromatic N) is 1. The van der Waals surface area contributed by atoms with Crippen LogP contribution in [0.2, 0.25) is 0 Å². The zero-order valence-corrected chi connectivity index (χ0v) is 9.60. The lowest BCUT2D eigenvalue weighted by molar-refractivity contribution is -0.140. The van der Waals surface area contributed by atoms with Crippen LogP contribution in [-0.4, -0.2) is 61.3 Å². The van der Waals surface area contributed by atoms with Crippen molar-refractivity contribution in [3.63, 3.8) is 0 Å². The zero-order valence-electron chi connectivity index (χ0n) is 9.60. The van der Waals surface area contributed by atoms with Gasteiger partial charge in [-0.1, -0.05) is 0 Å². The summed E-state index contributed by atoms with van der Waals surface area (Å²) >= 11 is 0. The molecule has 0 bridgehead atoms. The number of carbonyl (C=O) groups is 2. The molecule has 0 saturated carbocycles. The summed E-state index contributed by atoms with van der Waals surface area (Å²) in [6.45, 7) is 0.943. The molecule has 6 heteroatoms. The normalized spacial score (nSPS) is 25.4. The van der Waals surface area contributed by atoms with Gasteiger partial charge in [0.25, 0.3) is 0 Å². The van der Waals surface area contributed by atoms with Crippen molar-refractivity contribution >= 4 is 11.9 Å². The fourth-order valence-corrected chi connectivity index (χ4v) is 1.80. The molecule has 0 unspecified atom stereocenters. The maximum Gasteiger partial charge on any atom is 0.307 e. The van der Waals surface area contributed by atoms with Gasteiger partial charge in [-0.3, -0.25) is 14.5 Å². The number of likely N-dealkylation sites (tertiary alicyclic amines) is 1. The molecule has 6 nitrogen and oxygen atoms in total. The number of aliphatic hydroxyl groups is 1. The summed E-state index contributed by atoms with van der Waals surface area (Å²) in [6, 6.07) is -0.502. The third kappa shape index (κ3) is 3.18. The van der Waals surface area contributed by atoms with Crippen molar-refractivity contribution in [1.29, 1.82) is 0 Å². The van der Waals surface area contributed by atoms with Crippen molar-refractivity contribution in [2.45, 2.75) is 25.0 Å². The van der Waals surface area contributed by atoms with Gasteiger partial charge in [0.05, 0.1) is 19.6 Å². The van der Waals surface area contributed by atoms with Gasteiger partial charge in [-0.05, 0) is 13.5 Å². The molecule has 0 aromatic rings. The Labute approximate surface area is 94.6 Å². The van der Waals surface area contributed by atoms with E-state index in [0.717, 1.165) is 0 Å². The van der Waals surface area contributed by atoms with Crippen LogP contribution in [0.3, 0.4) is 0 Å². The van der Waals surface area contributed by atoms with E-state index in [9.17, 15) is 14.7 Å². The Morgan fingerprint density at radius 3 is 2.75 bits per heavy atom. The molecule has 0 aliphatic carbocycles. The Kier molecular flexibility index (Phi) is 4.70. The lowest BCUT2D eigenvalue weighted by Crippen LogP contribution is -2.47. The molecule has 2 atom stereocenters. The average Bonchev–Trinajstić information content (AvgIpc) is 2.58. The topological polar surface area (TPSA) is 78.9 Å². The standard InChI is InChI=1S/C10H18N2O4/c1-12-6-4-7(13)9(12)10(15)11-5-3-8(14)16-2/h7,9,13H,3-6H2,1-2H3,(H,11,15)/t7-,9-/m0/s1. The monoisotopic (exact) mass is 230 g/mol. The van der Waals surface area contributed by atoms with E-state index in [1.54, 1.807) is 11.9 Å². The Balaban J connectivity index is 2.32. The molecule has 1 amide bonds. The molecule has 1 saturated heterocycles. The molecule has 0 aromatic heterocycles. The van der Waals surface area contributed by atoms with Gasteiger partial charge in [0.2, 0.25) is 5.91 Å². The number of esters is 1. The predicted octanol–water partition coefficient (Wildman–Crippen LogP) is -1.27. The molecular weight excluding hydrogens is 212 g/mol. The molecule has 1 heterocycles. The minimum Gasteiger partial charge on any atom is -0.469 e. The second-order valence-electron chi connectivity index (χ2n) is 3.90. The van der Waals surface area contributed by atoms with E-state index in [-0.39, 0.29) is 24.8 Å². The summed E-state index contributed by atoms with van der Waals surface area (Å²) in [5, 5.41) is 12.2. The third-order valence-corrected chi connectivity index (χ3v) is 2.74. The molecule has 1 aliphatic heterocycles. The largest absolute Gasteiger partial charge is 0.469 e. The summed E-state index contributed by atoms with van der Waals surface area (Å²) in [5.74, 6) is -0.600. The molecule has 1 fully saturated rings. The van der Waals surface area contributed by atoms with Crippen LogP contribution in [0.1, 0.15) is 12.8 Å². The number of rotatable bonds is 4. The summed E-state index contributed by atoms with van der Waals surface area (Å²) in [4.78, 5) is 24.3. The molecular formula is C10H18N2O4. The number of carbonyl (C=O) groups excluding carboxylic acids is 2. The van der Waals surface area contributed by atoms with Gasteiger partial charge >= 0.3 is 5.97 Å². The van der Waals surface area contributed by atoms with Crippen LogP contribution >= 0.6 is 0 Å². The number of likely N-dealkylation sites (N-methyl/N-ethyl adjacent to an activating group) is 1. The number of aliphatic hydroxyl groups excluding tert-OH is 1. The van der Waals surface area contributed by atoms with E-state index < -0.39 is 12.1 Å². The molecule has 92 valence electrons. The van der Waals surface area contributed by atoms with Gasteiger partial charge in [0, 0.05) is 13.1 Å². The van der Waals surface area contributed by atoms with Crippen molar-refractivity contribution in [2.24, 2.45) is 0 Å². The molecule has 1 rings (SSSR count). The number of hydrogen-bond donors (Lipinski definition) is 2.